The van der Waals surface area contributed by atoms with Gasteiger partial charge in [0.05, 0.1) is 11.3 Å². The van der Waals surface area contributed by atoms with Crippen LogP contribution in [0.15, 0.2) is 12.1 Å². The van der Waals surface area contributed by atoms with Gasteiger partial charge in [-0.1, -0.05) is 11.6 Å². The lowest BCUT2D eigenvalue weighted by atomic mass is 10.3. The normalized spacial score (nSPS) is 11.2. The molecule has 0 aliphatic heterocycles. The van der Waals surface area contributed by atoms with E-state index in [1.165, 1.54) is 12.1 Å². The number of rotatable bonds is 6. The molecule has 0 unspecified atom stereocenters. The van der Waals surface area contributed by atoms with E-state index in [0.717, 1.165) is 6.26 Å². The molecule has 1 heterocycles. The average Bonchev–Trinajstić information content (AvgIpc) is 2.24. The zero-order valence-corrected chi connectivity index (χ0v) is 11.0. The van der Waals surface area contributed by atoms with E-state index in [1.807, 2.05) is 0 Å². The summed E-state index contributed by atoms with van der Waals surface area (Å²) in [6.45, 7) is 0.451. The van der Waals surface area contributed by atoms with Crippen molar-refractivity contribution in [3.8, 4) is 0 Å². The molecule has 7 nitrogen and oxygen atoms in total. The highest BCUT2D eigenvalue weighted by Gasteiger charge is 2.11. The third-order valence-corrected chi connectivity index (χ3v) is 2.88. The van der Waals surface area contributed by atoms with Crippen molar-refractivity contribution in [2.24, 2.45) is 0 Å². The van der Waals surface area contributed by atoms with Crippen molar-refractivity contribution >= 4 is 33.4 Å². The van der Waals surface area contributed by atoms with Crippen LogP contribution >= 0.6 is 11.6 Å². The highest BCUT2D eigenvalue weighted by molar-refractivity contribution is 7.88. The maximum atomic E-state index is 10.8. The average molecular weight is 294 g/mol. The van der Waals surface area contributed by atoms with Gasteiger partial charge in [0.2, 0.25) is 10.0 Å². The predicted molar refractivity (Wildman–Crippen MR) is 67.5 cm³/mol. The van der Waals surface area contributed by atoms with Gasteiger partial charge in [0.25, 0.3) is 0 Å². The van der Waals surface area contributed by atoms with Crippen molar-refractivity contribution in [3.05, 3.63) is 22.8 Å². The summed E-state index contributed by atoms with van der Waals surface area (Å²) in [5.41, 5.74) is -0.252. The number of anilines is 1. The lowest BCUT2D eigenvalue weighted by molar-refractivity contribution is 0.0691. The third kappa shape index (κ3) is 4.86. The second kappa shape index (κ2) is 5.98. The Balaban J connectivity index is 2.58. The van der Waals surface area contributed by atoms with Crippen LogP contribution in [0.4, 0.5) is 5.82 Å². The molecule has 3 N–H and O–H groups in total. The summed E-state index contributed by atoms with van der Waals surface area (Å²) in [6.07, 6.45) is 1.05. The van der Waals surface area contributed by atoms with Gasteiger partial charge in [-0.05, 0) is 12.1 Å². The minimum absolute atomic E-state index is 0.0438. The summed E-state index contributed by atoms with van der Waals surface area (Å²) in [4.78, 5) is 14.6. The molecule has 0 atom stereocenters. The number of pyridine rings is 1. The van der Waals surface area contributed by atoms with Crippen LogP contribution in [-0.4, -0.2) is 43.8 Å². The maximum Gasteiger partial charge on any atom is 0.356 e. The Morgan fingerprint density at radius 1 is 1.44 bits per heavy atom. The predicted octanol–water partition coefficient (Wildman–Crippen LogP) is 0.394. The van der Waals surface area contributed by atoms with E-state index < -0.39 is 16.0 Å². The highest BCUT2D eigenvalue weighted by Crippen LogP contribution is 2.16. The molecular weight excluding hydrogens is 282 g/mol. The minimum atomic E-state index is -3.23. The second-order valence-corrected chi connectivity index (χ2v) is 5.67. The molecule has 18 heavy (non-hydrogen) atoms. The van der Waals surface area contributed by atoms with E-state index >= 15 is 0 Å². The van der Waals surface area contributed by atoms with Gasteiger partial charge in [-0.2, -0.15) is 0 Å². The zero-order chi connectivity index (χ0) is 13.8. The smallest absolute Gasteiger partial charge is 0.356 e. The van der Waals surface area contributed by atoms with Crippen LogP contribution in [-0.2, 0) is 10.0 Å². The monoisotopic (exact) mass is 293 g/mol. The van der Waals surface area contributed by atoms with Gasteiger partial charge in [-0.3, -0.25) is 0 Å². The summed E-state index contributed by atoms with van der Waals surface area (Å²) in [7, 11) is -3.23. The molecule has 1 rings (SSSR count). The third-order valence-electron chi connectivity index (χ3n) is 1.84. The Hall–Kier alpha value is -1.38. The number of aromatic carboxylic acids is 1. The summed E-state index contributed by atoms with van der Waals surface area (Å²) in [5.74, 6) is -0.912. The number of nitrogens with one attached hydrogen (secondary N) is 2. The van der Waals surface area contributed by atoms with Crippen LogP contribution < -0.4 is 10.0 Å². The van der Waals surface area contributed by atoms with Gasteiger partial charge < -0.3 is 10.4 Å². The van der Waals surface area contributed by atoms with E-state index in [1.54, 1.807) is 0 Å². The molecule has 100 valence electrons. The number of hydrogen-bond donors (Lipinski definition) is 3. The number of carboxylic acids is 1. The Bertz CT molecular complexity index is 547. The Kier molecular flexibility index (Phi) is 4.88. The number of carboxylic acid groups (broad SMARTS) is 1. The first-order valence-electron chi connectivity index (χ1n) is 4.88. The number of halogens is 1. The second-order valence-electron chi connectivity index (χ2n) is 3.43. The van der Waals surface area contributed by atoms with Gasteiger partial charge in [0, 0.05) is 13.1 Å². The molecule has 0 amide bonds. The van der Waals surface area contributed by atoms with Crippen LogP contribution in [0.2, 0.25) is 5.02 Å². The molecule has 1 aromatic rings. The molecular formula is C9H12ClN3O4S. The molecule has 0 aliphatic carbocycles. The molecule has 0 aliphatic rings. The first-order chi connectivity index (χ1) is 8.29. The largest absolute Gasteiger partial charge is 0.476 e. The lowest BCUT2D eigenvalue weighted by Gasteiger charge is -2.07. The molecule has 1 aromatic heterocycles. The van der Waals surface area contributed by atoms with Crippen molar-refractivity contribution in [3.63, 3.8) is 0 Å². The SMILES string of the molecule is CS(=O)(=O)NCCNc1ccc(Cl)c(C(=O)O)n1. The lowest BCUT2D eigenvalue weighted by Crippen LogP contribution is -2.27. The Morgan fingerprint density at radius 3 is 2.67 bits per heavy atom. The molecule has 9 heteroatoms. The van der Waals surface area contributed by atoms with Gasteiger partial charge in [-0.15, -0.1) is 0 Å². The van der Waals surface area contributed by atoms with E-state index in [0.29, 0.717) is 5.82 Å². The first kappa shape index (κ1) is 14.7. The Labute approximate surface area is 109 Å². The van der Waals surface area contributed by atoms with Crippen LogP contribution in [0, 0.1) is 0 Å². The summed E-state index contributed by atoms with van der Waals surface area (Å²) >= 11 is 5.65. The maximum absolute atomic E-state index is 10.8. The van der Waals surface area contributed by atoms with Gasteiger partial charge in [0.15, 0.2) is 5.69 Å². The van der Waals surface area contributed by atoms with Gasteiger partial charge in [0.1, 0.15) is 5.82 Å². The number of nitrogens with zero attached hydrogens (tertiary/aromatic N) is 1. The van der Waals surface area contributed by atoms with E-state index in [2.05, 4.69) is 15.0 Å². The molecule has 0 saturated heterocycles. The quantitative estimate of drug-likeness (QED) is 0.655. The first-order valence-corrected chi connectivity index (χ1v) is 7.15. The standard InChI is InChI=1S/C9H12ClN3O4S/c1-18(16,17)12-5-4-11-7-3-2-6(10)8(13-7)9(14)15/h2-3,12H,4-5H2,1H3,(H,11,13)(H,14,15). The van der Waals surface area contributed by atoms with Crippen LogP contribution in [0.25, 0.3) is 0 Å². The molecule has 0 fully saturated rings. The van der Waals surface area contributed by atoms with Crippen molar-refractivity contribution in [2.45, 2.75) is 0 Å². The molecule has 0 saturated carbocycles. The number of sulfonamides is 1. The summed E-state index contributed by atoms with van der Waals surface area (Å²) in [6, 6.07) is 2.92. The fourth-order valence-electron chi connectivity index (χ4n) is 1.12. The van der Waals surface area contributed by atoms with Crippen molar-refractivity contribution in [1.29, 1.82) is 0 Å². The van der Waals surface area contributed by atoms with Gasteiger partial charge in [-0.25, -0.2) is 22.9 Å². The highest BCUT2D eigenvalue weighted by atomic mass is 35.5. The molecule has 0 aromatic carbocycles. The molecule has 0 radical (unpaired) electrons. The van der Waals surface area contributed by atoms with Crippen molar-refractivity contribution < 1.29 is 18.3 Å². The van der Waals surface area contributed by atoms with E-state index in [4.69, 9.17) is 16.7 Å². The zero-order valence-electron chi connectivity index (χ0n) is 9.47. The molecule has 0 spiro atoms. The van der Waals surface area contributed by atoms with Crippen molar-refractivity contribution in [2.75, 3.05) is 24.7 Å². The van der Waals surface area contributed by atoms with Crippen LogP contribution in [0.3, 0.4) is 0 Å². The number of carbonyl (C=O) groups is 1. The number of aromatic nitrogens is 1. The summed E-state index contributed by atoms with van der Waals surface area (Å²) < 4.78 is 23.8. The topological polar surface area (TPSA) is 108 Å². The van der Waals surface area contributed by atoms with Crippen LogP contribution in [0.5, 0.6) is 0 Å². The van der Waals surface area contributed by atoms with E-state index in [-0.39, 0.29) is 23.8 Å². The van der Waals surface area contributed by atoms with Crippen molar-refractivity contribution in [1.82, 2.24) is 9.71 Å². The fraction of sp³-hybridized carbons (Fsp3) is 0.333. The Morgan fingerprint density at radius 2 is 2.11 bits per heavy atom. The molecule has 0 bridgehead atoms. The van der Waals surface area contributed by atoms with Gasteiger partial charge >= 0.3 is 5.97 Å². The van der Waals surface area contributed by atoms with Crippen LogP contribution in [0.1, 0.15) is 10.5 Å². The summed E-state index contributed by atoms with van der Waals surface area (Å²) in [5, 5.41) is 11.6. The van der Waals surface area contributed by atoms with E-state index in [9.17, 15) is 13.2 Å². The fourth-order valence-corrected chi connectivity index (χ4v) is 1.78. The minimum Gasteiger partial charge on any atom is -0.476 e. The number of hydrogen-bond acceptors (Lipinski definition) is 5.